The molecule has 5 rings (SSSR count). The number of imidazole rings is 1. The highest BCUT2D eigenvalue weighted by atomic mass is 16.5. The molecule has 0 spiro atoms. The average molecular weight is 478 g/mol. The minimum Gasteiger partial charge on any atom is -0.496 e. The van der Waals surface area contributed by atoms with Crippen LogP contribution in [0.5, 0.6) is 5.75 Å². The summed E-state index contributed by atoms with van der Waals surface area (Å²) in [5.74, 6) is 0.541. The predicted molar refractivity (Wildman–Crippen MR) is 135 cm³/mol. The summed E-state index contributed by atoms with van der Waals surface area (Å²) in [5, 5.41) is 9.04. The molecule has 2 heterocycles. The number of aromatic nitrogens is 2. The molecule has 1 saturated carbocycles. The van der Waals surface area contributed by atoms with Gasteiger partial charge in [-0.3, -0.25) is 14.2 Å². The zero-order valence-electron chi connectivity index (χ0n) is 20.0. The number of hydrogen-bond donors (Lipinski definition) is 4. The van der Waals surface area contributed by atoms with Gasteiger partial charge in [-0.1, -0.05) is 12.1 Å². The first-order chi connectivity index (χ1) is 16.9. The molecule has 3 aromatic rings. The Bertz CT molecular complexity index is 1320. The van der Waals surface area contributed by atoms with Crippen LogP contribution in [0.1, 0.15) is 43.7 Å². The lowest BCUT2D eigenvalue weighted by molar-refractivity contribution is -0.121. The van der Waals surface area contributed by atoms with Gasteiger partial charge < -0.3 is 25.7 Å². The zero-order valence-corrected chi connectivity index (χ0v) is 20.0. The van der Waals surface area contributed by atoms with Crippen LogP contribution in [0.2, 0.25) is 0 Å². The van der Waals surface area contributed by atoms with E-state index >= 15 is 0 Å². The van der Waals surface area contributed by atoms with Crippen LogP contribution in [-0.4, -0.2) is 41.1 Å². The number of para-hydroxylation sites is 1. The average Bonchev–Trinajstić information content (AvgIpc) is 3.16. The second-order valence-electron chi connectivity index (χ2n) is 9.46. The monoisotopic (exact) mass is 477 g/mol. The lowest BCUT2D eigenvalue weighted by Crippen LogP contribution is -2.50. The third-order valence-electron chi connectivity index (χ3n) is 7.26. The molecule has 9 heteroatoms. The topological polar surface area (TPSA) is 117 Å². The fourth-order valence-corrected chi connectivity index (χ4v) is 5.09. The SMILES string of the molecule is COc1cc(NC(=O)[C@H]2CC[C@@H](n3c(=O)[nH]c4c(NC(=O)C5CCN5)cccc43)CC2)ccc1C. The summed E-state index contributed by atoms with van der Waals surface area (Å²) >= 11 is 0. The number of rotatable bonds is 6. The number of fused-ring (bicyclic) bond motifs is 1. The van der Waals surface area contributed by atoms with E-state index in [4.69, 9.17) is 4.74 Å². The molecule has 0 bridgehead atoms. The maximum absolute atomic E-state index is 12.9. The number of H-pyrrole nitrogens is 1. The minimum atomic E-state index is -0.192. The molecule has 35 heavy (non-hydrogen) atoms. The van der Waals surface area contributed by atoms with Crippen molar-refractivity contribution in [2.75, 3.05) is 24.3 Å². The molecule has 1 aromatic heterocycles. The number of ether oxygens (including phenoxy) is 1. The van der Waals surface area contributed by atoms with Crippen molar-refractivity contribution in [1.29, 1.82) is 0 Å². The first kappa shape index (κ1) is 23.2. The smallest absolute Gasteiger partial charge is 0.326 e. The van der Waals surface area contributed by atoms with Gasteiger partial charge in [0, 0.05) is 23.7 Å². The van der Waals surface area contributed by atoms with Crippen molar-refractivity contribution >= 4 is 34.2 Å². The third-order valence-corrected chi connectivity index (χ3v) is 7.26. The number of hydrogen-bond acceptors (Lipinski definition) is 5. The second-order valence-corrected chi connectivity index (χ2v) is 9.46. The van der Waals surface area contributed by atoms with E-state index in [1.54, 1.807) is 17.7 Å². The number of nitrogens with zero attached hydrogens (tertiary/aromatic N) is 1. The van der Waals surface area contributed by atoms with Crippen molar-refractivity contribution in [3.05, 3.63) is 52.4 Å². The van der Waals surface area contributed by atoms with E-state index in [1.165, 1.54) is 0 Å². The molecule has 1 aliphatic carbocycles. The van der Waals surface area contributed by atoms with E-state index in [2.05, 4.69) is 20.9 Å². The summed E-state index contributed by atoms with van der Waals surface area (Å²) in [6.45, 7) is 2.80. The first-order valence-corrected chi connectivity index (χ1v) is 12.2. The number of carbonyl (C=O) groups excluding carboxylic acids is 2. The molecule has 0 radical (unpaired) electrons. The van der Waals surface area contributed by atoms with Gasteiger partial charge in [0.25, 0.3) is 0 Å². The molecule has 1 saturated heterocycles. The fourth-order valence-electron chi connectivity index (χ4n) is 5.09. The highest BCUT2D eigenvalue weighted by Crippen LogP contribution is 2.35. The van der Waals surface area contributed by atoms with Gasteiger partial charge in [-0.05, 0) is 69.3 Å². The Morgan fingerprint density at radius 2 is 1.80 bits per heavy atom. The number of benzene rings is 2. The van der Waals surface area contributed by atoms with Crippen LogP contribution >= 0.6 is 0 Å². The standard InChI is InChI=1S/C26H31N5O4/c1-15-6-9-17(14-22(15)35-2)28-24(32)16-7-10-18(11-8-16)31-21-5-3-4-19(23(21)30-26(31)34)29-25(33)20-12-13-27-20/h3-6,9,14,16,18,20,27H,7-8,10-13H2,1-2H3,(H,28,32)(H,29,33)(H,30,34)/t16-,18+,20?. The lowest BCUT2D eigenvalue weighted by Gasteiger charge is -2.28. The quantitative estimate of drug-likeness (QED) is 0.435. The van der Waals surface area contributed by atoms with Gasteiger partial charge in [-0.2, -0.15) is 0 Å². The highest BCUT2D eigenvalue weighted by molar-refractivity contribution is 6.02. The predicted octanol–water partition coefficient (Wildman–Crippen LogP) is 3.32. The summed E-state index contributed by atoms with van der Waals surface area (Å²) in [7, 11) is 1.62. The van der Waals surface area contributed by atoms with Crippen molar-refractivity contribution in [3.63, 3.8) is 0 Å². The van der Waals surface area contributed by atoms with Gasteiger partial charge in [0.1, 0.15) is 5.75 Å². The van der Waals surface area contributed by atoms with Crippen LogP contribution in [0.3, 0.4) is 0 Å². The van der Waals surface area contributed by atoms with Crippen molar-refractivity contribution in [2.24, 2.45) is 5.92 Å². The van der Waals surface area contributed by atoms with E-state index in [1.807, 2.05) is 37.3 Å². The number of anilines is 2. The number of methoxy groups -OCH3 is 1. The van der Waals surface area contributed by atoms with Gasteiger partial charge in [0.2, 0.25) is 11.8 Å². The van der Waals surface area contributed by atoms with Gasteiger partial charge in [0.15, 0.2) is 0 Å². The number of aromatic amines is 1. The van der Waals surface area contributed by atoms with Gasteiger partial charge in [-0.15, -0.1) is 0 Å². The number of nitrogens with one attached hydrogen (secondary N) is 4. The van der Waals surface area contributed by atoms with Crippen molar-refractivity contribution < 1.29 is 14.3 Å². The van der Waals surface area contributed by atoms with Gasteiger partial charge >= 0.3 is 5.69 Å². The summed E-state index contributed by atoms with van der Waals surface area (Å²) in [6.07, 6.45) is 3.66. The molecule has 184 valence electrons. The van der Waals surface area contributed by atoms with Crippen molar-refractivity contribution in [1.82, 2.24) is 14.9 Å². The van der Waals surface area contributed by atoms with Gasteiger partial charge in [-0.25, -0.2) is 4.79 Å². The fraction of sp³-hybridized carbons (Fsp3) is 0.423. The van der Waals surface area contributed by atoms with Gasteiger partial charge in [0.05, 0.1) is 29.9 Å². The summed E-state index contributed by atoms with van der Waals surface area (Å²) < 4.78 is 7.13. The minimum absolute atomic E-state index is 0.000908. The Hall–Kier alpha value is -3.59. The molecule has 1 atom stereocenters. The number of amides is 2. The summed E-state index contributed by atoms with van der Waals surface area (Å²) in [4.78, 5) is 41.1. The molecule has 1 unspecified atom stereocenters. The maximum atomic E-state index is 12.9. The Kier molecular flexibility index (Phi) is 6.34. The maximum Gasteiger partial charge on any atom is 0.326 e. The Labute approximate surface area is 203 Å². The molecule has 4 N–H and O–H groups in total. The molecule has 2 amide bonds. The Morgan fingerprint density at radius 3 is 2.49 bits per heavy atom. The third kappa shape index (κ3) is 4.55. The normalized spacial score (nSPS) is 21.8. The summed E-state index contributed by atoms with van der Waals surface area (Å²) in [5.41, 5.74) is 3.56. The first-order valence-electron chi connectivity index (χ1n) is 12.2. The molecular weight excluding hydrogens is 446 g/mol. The number of aryl methyl sites for hydroxylation is 1. The Morgan fingerprint density at radius 1 is 1.03 bits per heavy atom. The van der Waals surface area contributed by atoms with E-state index in [0.717, 1.165) is 48.3 Å². The highest BCUT2D eigenvalue weighted by Gasteiger charge is 2.30. The van der Waals surface area contributed by atoms with Crippen LogP contribution in [0, 0.1) is 12.8 Å². The van der Waals surface area contributed by atoms with E-state index < -0.39 is 0 Å². The van der Waals surface area contributed by atoms with Crippen molar-refractivity contribution in [2.45, 2.75) is 51.1 Å². The number of carbonyl (C=O) groups is 2. The van der Waals surface area contributed by atoms with Crippen molar-refractivity contribution in [3.8, 4) is 5.75 Å². The zero-order chi connectivity index (χ0) is 24.5. The lowest BCUT2D eigenvalue weighted by atomic mass is 9.85. The van der Waals surface area contributed by atoms with Crippen LogP contribution in [0.4, 0.5) is 11.4 Å². The van der Waals surface area contributed by atoms with Crippen LogP contribution in [-0.2, 0) is 9.59 Å². The largest absolute Gasteiger partial charge is 0.496 e. The van der Waals surface area contributed by atoms with E-state index in [0.29, 0.717) is 24.0 Å². The van der Waals surface area contributed by atoms with Crippen LogP contribution in [0.15, 0.2) is 41.2 Å². The van der Waals surface area contributed by atoms with Crippen LogP contribution < -0.4 is 26.4 Å². The van der Waals surface area contributed by atoms with E-state index in [-0.39, 0.29) is 35.5 Å². The molecule has 2 aromatic carbocycles. The van der Waals surface area contributed by atoms with Crippen LogP contribution in [0.25, 0.3) is 11.0 Å². The molecular formula is C26H31N5O4. The molecule has 2 fully saturated rings. The Balaban J connectivity index is 1.27. The summed E-state index contributed by atoms with van der Waals surface area (Å²) in [6, 6.07) is 11.0. The molecule has 1 aliphatic heterocycles. The molecule has 2 aliphatic rings. The van der Waals surface area contributed by atoms with E-state index in [9.17, 15) is 14.4 Å². The second kappa shape index (κ2) is 9.58. The molecule has 9 nitrogen and oxygen atoms in total.